The average molecular weight is 338 g/mol. The second-order valence-electron chi connectivity index (χ2n) is 4.60. The molecule has 1 aromatic rings. The van der Waals surface area contributed by atoms with Gasteiger partial charge in [0.1, 0.15) is 5.78 Å². The highest BCUT2D eigenvalue weighted by molar-refractivity contribution is 8.00. The summed E-state index contributed by atoms with van der Waals surface area (Å²) in [4.78, 5) is 46.6. The Morgan fingerprint density at radius 1 is 1.22 bits per heavy atom. The van der Waals surface area contributed by atoms with Gasteiger partial charge in [0.25, 0.3) is 5.91 Å². The van der Waals surface area contributed by atoms with Crippen LogP contribution in [-0.4, -0.2) is 42.6 Å². The molecule has 2 N–H and O–H groups in total. The number of nitrogens with one attached hydrogen (secondary N) is 2. The summed E-state index contributed by atoms with van der Waals surface area (Å²) >= 11 is 1.22. The average Bonchev–Trinajstić information content (AvgIpc) is 2.52. The van der Waals surface area contributed by atoms with Gasteiger partial charge < -0.3 is 10.1 Å². The summed E-state index contributed by atoms with van der Waals surface area (Å²) in [5.41, 5.74) is 0.262. The van der Waals surface area contributed by atoms with Crippen LogP contribution in [0.25, 0.3) is 0 Å². The molecular weight excluding hydrogens is 320 g/mol. The third-order valence-corrected chi connectivity index (χ3v) is 3.87. The monoisotopic (exact) mass is 338 g/mol. The molecular formula is C15H18N2O5S. The molecule has 0 aliphatic heterocycles. The van der Waals surface area contributed by atoms with Gasteiger partial charge in [0.05, 0.1) is 11.3 Å². The number of imide groups is 1. The van der Waals surface area contributed by atoms with Gasteiger partial charge in [-0.05, 0) is 26.0 Å². The zero-order valence-corrected chi connectivity index (χ0v) is 13.9. The topological polar surface area (TPSA) is 102 Å². The number of esters is 1. The maximum absolute atomic E-state index is 12.2. The molecule has 0 fully saturated rings. The Kier molecular flexibility index (Phi) is 7.27. The Labute approximate surface area is 138 Å². The Hall–Kier alpha value is -2.35. The molecule has 0 bridgehead atoms. The highest BCUT2D eigenvalue weighted by Crippen LogP contribution is 2.23. The fourth-order valence-electron chi connectivity index (χ4n) is 1.49. The number of carbonyl (C=O) groups is 4. The van der Waals surface area contributed by atoms with Gasteiger partial charge in [-0.2, -0.15) is 0 Å². The molecule has 0 radical (unpaired) electrons. The SMILES string of the molecule is CNC(=O)NC(=O)[C@@H](C)OC(=O)c1ccccc1SCC(C)=O. The van der Waals surface area contributed by atoms with Crippen LogP contribution in [0.5, 0.6) is 0 Å². The number of hydrogen-bond donors (Lipinski definition) is 2. The molecule has 0 aliphatic carbocycles. The minimum Gasteiger partial charge on any atom is -0.449 e. The smallest absolute Gasteiger partial charge is 0.340 e. The number of amides is 3. The van der Waals surface area contributed by atoms with E-state index in [0.717, 1.165) is 0 Å². The number of thioether (sulfide) groups is 1. The maximum Gasteiger partial charge on any atom is 0.340 e. The van der Waals surface area contributed by atoms with Crippen molar-refractivity contribution in [2.24, 2.45) is 0 Å². The summed E-state index contributed by atoms with van der Waals surface area (Å²) < 4.78 is 5.06. The van der Waals surface area contributed by atoms with Crippen molar-refractivity contribution in [1.29, 1.82) is 0 Å². The Balaban J connectivity index is 2.75. The molecule has 0 saturated carbocycles. The van der Waals surface area contributed by atoms with Crippen LogP contribution < -0.4 is 10.6 Å². The number of ether oxygens (including phenoxy) is 1. The molecule has 124 valence electrons. The molecule has 7 nitrogen and oxygen atoms in total. The van der Waals surface area contributed by atoms with Crippen molar-refractivity contribution in [3.63, 3.8) is 0 Å². The molecule has 0 spiro atoms. The van der Waals surface area contributed by atoms with Crippen molar-refractivity contribution in [3.8, 4) is 0 Å². The van der Waals surface area contributed by atoms with E-state index in [0.29, 0.717) is 4.90 Å². The standard InChI is InChI=1S/C15H18N2O5S/c1-9(18)8-23-12-7-5-4-6-11(12)14(20)22-10(2)13(19)17-15(21)16-3/h4-7,10H,8H2,1-3H3,(H2,16,17,19,21)/t10-/m1/s1. The third-order valence-electron chi connectivity index (χ3n) is 2.65. The third kappa shape index (κ3) is 6.11. The maximum atomic E-state index is 12.2. The number of carbonyl (C=O) groups excluding carboxylic acids is 4. The van der Waals surface area contributed by atoms with Gasteiger partial charge in [-0.25, -0.2) is 9.59 Å². The van der Waals surface area contributed by atoms with Gasteiger partial charge >= 0.3 is 12.0 Å². The van der Waals surface area contributed by atoms with E-state index in [9.17, 15) is 19.2 Å². The summed E-state index contributed by atoms with van der Waals surface area (Å²) in [5, 5.41) is 4.25. The summed E-state index contributed by atoms with van der Waals surface area (Å²) in [6.45, 7) is 2.82. The molecule has 23 heavy (non-hydrogen) atoms. The van der Waals surface area contributed by atoms with E-state index in [1.165, 1.54) is 32.7 Å². The summed E-state index contributed by atoms with van der Waals surface area (Å²) in [6.07, 6.45) is -1.13. The fourth-order valence-corrected chi connectivity index (χ4v) is 2.33. The lowest BCUT2D eigenvalue weighted by molar-refractivity contribution is -0.127. The number of hydrogen-bond acceptors (Lipinski definition) is 6. The lowest BCUT2D eigenvalue weighted by Gasteiger charge is -2.14. The lowest BCUT2D eigenvalue weighted by Crippen LogP contribution is -2.43. The first-order valence-corrected chi connectivity index (χ1v) is 7.78. The summed E-state index contributed by atoms with van der Waals surface area (Å²) in [5.74, 6) is -1.21. The van der Waals surface area contributed by atoms with E-state index in [1.807, 2.05) is 5.32 Å². The van der Waals surface area contributed by atoms with Crippen molar-refractivity contribution in [2.45, 2.75) is 24.8 Å². The van der Waals surface area contributed by atoms with Gasteiger partial charge in [-0.1, -0.05) is 12.1 Å². The minimum absolute atomic E-state index is 0.0171. The van der Waals surface area contributed by atoms with Crippen LogP contribution in [0.3, 0.4) is 0 Å². The van der Waals surface area contributed by atoms with E-state index >= 15 is 0 Å². The van der Waals surface area contributed by atoms with Gasteiger partial charge in [0.2, 0.25) is 0 Å². The zero-order valence-electron chi connectivity index (χ0n) is 13.0. The normalized spacial score (nSPS) is 11.3. The predicted molar refractivity (Wildman–Crippen MR) is 85.3 cm³/mol. The highest BCUT2D eigenvalue weighted by atomic mass is 32.2. The van der Waals surface area contributed by atoms with Crippen LogP contribution in [-0.2, 0) is 14.3 Å². The summed E-state index contributed by atoms with van der Waals surface area (Å²) in [7, 11) is 1.36. The van der Waals surface area contributed by atoms with Gasteiger partial charge in [-0.15, -0.1) is 11.8 Å². The van der Waals surface area contributed by atoms with E-state index in [-0.39, 0.29) is 17.1 Å². The van der Waals surface area contributed by atoms with E-state index in [1.54, 1.807) is 24.3 Å². The predicted octanol–water partition coefficient (Wildman–Crippen LogP) is 1.37. The first kappa shape index (κ1) is 18.7. The quantitative estimate of drug-likeness (QED) is 0.600. The van der Waals surface area contributed by atoms with Gasteiger partial charge in [0, 0.05) is 11.9 Å². The molecule has 0 aliphatic rings. The Bertz CT molecular complexity index is 618. The van der Waals surface area contributed by atoms with Gasteiger partial charge in [-0.3, -0.25) is 14.9 Å². The largest absolute Gasteiger partial charge is 0.449 e. The molecule has 0 aromatic heterocycles. The van der Waals surface area contributed by atoms with Crippen LogP contribution in [0.4, 0.5) is 4.79 Å². The van der Waals surface area contributed by atoms with Crippen LogP contribution in [0, 0.1) is 0 Å². The Morgan fingerprint density at radius 3 is 2.48 bits per heavy atom. The number of urea groups is 1. The second-order valence-corrected chi connectivity index (χ2v) is 5.62. The number of benzene rings is 1. The second kappa shape index (κ2) is 8.94. The van der Waals surface area contributed by atoms with E-state index < -0.39 is 24.0 Å². The molecule has 0 unspecified atom stereocenters. The summed E-state index contributed by atoms with van der Waals surface area (Å²) in [6, 6.07) is 5.95. The van der Waals surface area contributed by atoms with Crippen LogP contribution in [0.15, 0.2) is 29.2 Å². The van der Waals surface area contributed by atoms with Crippen LogP contribution in [0.1, 0.15) is 24.2 Å². The fraction of sp³-hybridized carbons (Fsp3) is 0.333. The zero-order chi connectivity index (χ0) is 17.4. The molecule has 1 aromatic carbocycles. The number of ketones is 1. The molecule has 0 heterocycles. The van der Waals surface area contributed by atoms with E-state index in [4.69, 9.17) is 4.74 Å². The van der Waals surface area contributed by atoms with Crippen molar-refractivity contribution >= 4 is 35.5 Å². The van der Waals surface area contributed by atoms with Crippen molar-refractivity contribution < 1.29 is 23.9 Å². The highest BCUT2D eigenvalue weighted by Gasteiger charge is 2.22. The van der Waals surface area contributed by atoms with Crippen molar-refractivity contribution in [2.75, 3.05) is 12.8 Å². The van der Waals surface area contributed by atoms with Crippen LogP contribution >= 0.6 is 11.8 Å². The van der Waals surface area contributed by atoms with Crippen molar-refractivity contribution in [1.82, 2.24) is 10.6 Å². The first-order chi connectivity index (χ1) is 10.8. The first-order valence-electron chi connectivity index (χ1n) is 6.80. The molecule has 3 amide bonds. The van der Waals surface area contributed by atoms with E-state index in [2.05, 4.69) is 5.32 Å². The van der Waals surface area contributed by atoms with Crippen molar-refractivity contribution in [3.05, 3.63) is 29.8 Å². The molecule has 1 atom stereocenters. The van der Waals surface area contributed by atoms with Gasteiger partial charge in [0.15, 0.2) is 6.10 Å². The number of Topliss-reactive ketones (excluding diaryl/α,β-unsaturated/α-hetero) is 1. The van der Waals surface area contributed by atoms with Crippen LogP contribution in [0.2, 0.25) is 0 Å². The molecule has 0 saturated heterocycles. The number of rotatable bonds is 6. The molecule has 8 heteroatoms. The lowest BCUT2D eigenvalue weighted by atomic mass is 10.2. The Morgan fingerprint density at radius 2 is 1.87 bits per heavy atom. The molecule has 1 rings (SSSR count). The minimum atomic E-state index is -1.13.